The second-order valence-corrected chi connectivity index (χ2v) is 8.27. The Kier molecular flexibility index (Phi) is 7.33. The maximum absolute atomic E-state index is 13.9. The molecule has 0 aromatic heterocycles. The molecule has 1 N–H and O–H groups in total. The fraction of sp³-hybridized carbons (Fsp3) is 0.300. The van der Waals surface area contributed by atoms with E-state index in [9.17, 15) is 14.0 Å². The first kappa shape index (κ1) is 20.7. The number of rotatable bonds is 6. The molecule has 0 bridgehead atoms. The molecule has 1 aliphatic rings. The van der Waals surface area contributed by atoms with E-state index < -0.39 is 0 Å². The van der Waals surface area contributed by atoms with Crippen LogP contribution in [-0.2, 0) is 9.59 Å². The molecule has 8 heteroatoms. The molecule has 0 saturated carbocycles. The van der Waals surface area contributed by atoms with Gasteiger partial charge in [-0.05, 0) is 30.3 Å². The number of carbonyl (C=O) groups excluding carboxylic acids is 2. The summed E-state index contributed by atoms with van der Waals surface area (Å²) in [6, 6.07) is 14.0. The van der Waals surface area contributed by atoms with E-state index in [-0.39, 0.29) is 29.1 Å². The van der Waals surface area contributed by atoms with Crippen LogP contribution in [0.4, 0.5) is 15.8 Å². The number of halogens is 2. The first-order valence-corrected chi connectivity index (χ1v) is 10.9. The molecular weight excluding hydrogens is 445 g/mol. The average Bonchev–Trinajstić information content (AvgIpc) is 2.68. The highest BCUT2D eigenvalue weighted by Crippen LogP contribution is 2.20. The van der Waals surface area contributed by atoms with Crippen molar-refractivity contribution in [2.45, 2.75) is 0 Å². The number of hydrogen-bond acceptors (Lipinski definition) is 4. The van der Waals surface area contributed by atoms with Crippen LogP contribution in [0.2, 0.25) is 0 Å². The number of amides is 2. The molecular formula is C20H21BrFN3O2S. The summed E-state index contributed by atoms with van der Waals surface area (Å²) in [6.45, 7) is 2.30. The highest BCUT2D eigenvalue weighted by atomic mass is 79.9. The Bertz CT molecular complexity index is 844. The van der Waals surface area contributed by atoms with Crippen molar-refractivity contribution in [3.8, 4) is 0 Å². The number of piperazine rings is 1. The van der Waals surface area contributed by atoms with Gasteiger partial charge in [-0.25, -0.2) is 4.39 Å². The summed E-state index contributed by atoms with van der Waals surface area (Å²) >= 11 is 4.66. The Morgan fingerprint density at radius 3 is 2.50 bits per heavy atom. The van der Waals surface area contributed by atoms with Crippen LogP contribution in [-0.4, -0.2) is 54.4 Å². The summed E-state index contributed by atoms with van der Waals surface area (Å²) in [5.74, 6) is 0.0991. The van der Waals surface area contributed by atoms with Gasteiger partial charge in [0.25, 0.3) is 0 Å². The molecule has 28 heavy (non-hydrogen) atoms. The third-order valence-electron chi connectivity index (χ3n) is 4.39. The van der Waals surface area contributed by atoms with Gasteiger partial charge >= 0.3 is 0 Å². The lowest BCUT2D eigenvalue weighted by Gasteiger charge is -2.36. The van der Waals surface area contributed by atoms with Crippen molar-refractivity contribution in [2.75, 3.05) is 47.9 Å². The predicted octanol–water partition coefficient (Wildman–Crippen LogP) is 3.61. The first-order valence-electron chi connectivity index (χ1n) is 8.93. The predicted molar refractivity (Wildman–Crippen MR) is 115 cm³/mol. The number of nitrogens with one attached hydrogen (secondary N) is 1. The highest BCUT2D eigenvalue weighted by molar-refractivity contribution is 9.10. The monoisotopic (exact) mass is 465 g/mol. The summed E-state index contributed by atoms with van der Waals surface area (Å²) in [6.07, 6.45) is 0. The Balaban J connectivity index is 1.39. The minimum absolute atomic E-state index is 0.00781. The maximum atomic E-state index is 13.9. The number of nitrogens with zero attached hydrogens (tertiary/aromatic N) is 2. The second-order valence-electron chi connectivity index (χ2n) is 6.37. The first-order chi connectivity index (χ1) is 13.5. The normalized spacial score (nSPS) is 14.1. The number of carbonyl (C=O) groups is 2. The van der Waals surface area contributed by atoms with E-state index in [4.69, 9.17) is 0 Å². The Labute approximate surface area is 176 Å². The third kappa shape index (κ3) is 5.72. The second kappa shape index (κ2) is 9.93. The summed E-state index contributed by atoms with van der Waals surface area (Å²) in [5, 5.41) is 2.81. The molecule has 0 radical (unpaired) electrons. The van der Waals surface area contributed by atoms with E-state index >= 15 is 0 Å². The third-order valence-corrected chi connectivity index (χ3v) is 5.80. The summed E-state index contributed by atoms with van der Waals surface area (Å²) < 4.78 is 14.8. The van der Waals surface area contributed by atoms with E-state index in [1.165, 1.54) is 17.8 Å². The van der Waals surface area contributed by atoms with Gasteiger partial charge in [0.05, 0.1) is 17.2 Å². The standard InChI is InChI=1S/C20H21BrFN3O2S/c21-15-4-3-5-16(12-15)23-19(26)13-28-14-20(27)25-10-8-24(9-11-25)18-7-2-1-6-17(18)22/h1-7,12H,8-11,13-14H2,(H,23,26). The molecule has 0 aliphatic carbocycles. The number of benzene rings is 2. The minimum atomic E-state index is -0.241. The van der Waals surface area contributed by atoms with Crippen LogP contribution < -0.4 is 10.2 Å². The van der Waals surface area contributed by atoms with Gasteiger partial charge in [0.1, 0.15) is 5.82 Å². The molecule has 5 nitrogen and oxygen atoms in total. The number of hydrogen-bond donors (Lipinski definition) is 1. The van der Waals surface area contributed by atoms with Crippen LogP contribution in [0.25, 0.3) is 0 Å². The zero-order valence-electron chi connectivity index (χ0n) is 15.2. The van der Waals surface area contributed by atoms with Gasteiger partial charge in [0.15, 0.2) is 0 Å². The van der Waals surface area contributed by atoms with Gasteiger partial charge in [-0.3, -0.25) is 9.59 Å². The molecule has 2 amide bonds. The molecule has 2 aromatic carbocycles. The van der Waals surface area contributed by atoms with Crippen molar-refractivity contribution in [2.24, 2.45) is 0 Å². The van der Waals surface area contributed by atoms with Crippen LogP contribution in [0, 0.1) is 5.82 Å². The molecule has 148 valence electrons. The minimum Gasteiger partial charge on any atom is -0.366 e. The molecule has 1 fully saturated rings. The lowest BCUT2D eigenvalue weighted by molar-refractivity contribution is -0.128. The largest absolute Gasteiger partial charge is 0.366 e. The molecule has 2 aromatic rings. The molecule has 1 heterocycles. The molecule has 0 atom stereocenters. The number of thioether (sulfide) groups is 1. The van der Waals surface area contributed by atoms with Crippen molar-refractivity contribution in [3.05, 3.63) is 58.8 Å². The summed E-state index contributed by atoms with van der Waals surface area (Å²) in [5.41, 5.74) is 1.30. The zero-order valence-corrected chi connectivity index (χ0v) is 17.6. The van der Waals surface area contributed by atoms with Crippen molar-refractivity contribution in [1.29, 1.82) is 0 Å². The van der Waals surface area contributed by atoms with E-state index in [1.807, 2.05) is 35.2 Å². The van der Waals surface area contributed by atoms with Gasteiger partial charge in [0, 0.05) is 36.3 Å². The SMILES string of the molecule is O=C(CSCC(=O)N1CCN(c2ccccc2F)CC1)Nc1cccc(Br)c1. The lowest BCUT2D eigenvalue weighted by Crippen LogP contribution is -2.49. The zero-order chi connectivity index (χ0) is 19.9. The van der Waals surface area contributed by atoms with Crippen molar-refractivity contribution < 1.29 is 14.0 Å². The molecule has 3 rings (SSSR count). The van der Waals surface area contributed by atoms with Gasteiger partial charge < -0.3 is 15.1 Å². The van der Waals surface area contributed by atoms with Crippen molar-refractivity contribution >= 4 is 50.9 Å². The smallest absolute Gasteiger partial charge is 0.234 e. The lowest BCUT2D eigenvalue weighted by atomic mass is 10.2. The van der Waals surface area contributed by atoms with E-state index in [0.717, 1.165) is 10.2 Å². The fourth-order valence-corrected chi connectivity index (χ4v) is 4.11. The summed E-state index contributed by atoms with van der Waals surface area (Å²) in [7, 11) is 0. The van der Waals surface area contributed by atoms with Crippen LogP contribution in [0.5, 0.6) is 0 Å². The highest BCUT2D eigenvalue weighted by Gasteiger charge is 2.22. The van der Waals surface area contributed by atoms with Gasteiger partial charge in [-0.1, -0.05) is 34.1 Å². The fourth-order valence-electron chi connectivity index (χ4n) is 2.99. The van der Waals surface area contributed by atoms with Crippen molar-refractivity contribution in [3.63, 3.8) is 0 Å². The van der Waals surface area contributed by atoms with Gasteiger partial charge in [0.2, 0.25) is 11.8 Å². The van der Waals surface area contributed by atoms with E-state index in [0.29, 0.717) is 31.9 Å². The molecule has 0 unspecified atom stereocenters. The topological polar surface area (TPSA) is 52.7 Å². The van der Waals surface area contributed by atoms with Gasteiger partial charge in [-0.15, -0.1) is 11.8 Å². The van der Waals surface area contributed by atoms with Crippen molar-refractivity contribution in [1.82, 2.24) is 4.90 Å². The Morgan fingerprint density at radius 1 is 1.04 bits per heavy atom. The quantitative estimate of drug-likeness (QED) is 0.707. The summed E-state index contributed by atoms with van der Waals surface area (Å²) in [4.78, 5) is 28.1. The van der Waals surface area contributed by atoms with E-state index in [1.54, 1.807) is 17.0 Å². The van der Waals surface area contributed by atoms with Crippen LogP contribution >= 0.6 is 27.7 Å². The number of anilines is 2. The average molecular weight is 466 g/mol. The number of para-hydroxylation sites is 1. The Morgan fingerprint density at radius 2 is 1.79 bits per heavy atom. The van der Waals surface area contributed by atoms with Crippen LogP contribution in [0.3, 0.4) is 0 Å². The molecule has 1 saturated heterocycles. The van der Waals surface area contributed by atoms with E-state index in [2.05, 4.69) is 21.2 Å². The van der Waals surface area contributed by atoms with Gasteiger partial charge in [-0.2, -0.15) is 0 Å². The molecule has 0 spiro atoms. The van der Waals surface area contributed by atoms with Crippen LogP contribution in [0.1, 0.15) is 0 Å². The molecule has 1 aliphatic heterocycles. The Hall–Kier alpha value is -2.06. The maximum Gasteiger partial charge on any atom is 0.234 e. The van der Waals surface area contributed by atoms with Crippen LogP contribution in [0.15, 0.2) is 53.0 Å².